The zero-order chi connectivity index (χ0) is 14.3. The monoisotopic (exact) mass is 326 g/mol. The van der Waals surface area contributed by atoms with Gasteiger partial charge in [-0.25, -0.2) is 0 Å². The van der Waals surface area contributed by atoms with Crippen LogP contribution < -0.4 is 0 Å². The van der Waals surface area contributed by atoms with Crippen molar-refractivity contribution in [3.63, 3.8) is 0 Å². The van der Waals surface area contributed by atoms with Gasteiger partial charge in [-0.05, 0) is 30.3 Å². The molecule has 4 nitrogen and oxygen atoms in total. The van der Waals surface area contributed by atoms with Crippen molar-refractivity contribution >= 4 is 33.1 Å². The molecule has 0 aromatic heterocycles. The van der Waals surface area contributed by atoms with E-state index in [1.807, 2.05) is 12.1 Å². The third-order valence-corrected chi connectivity index (χ3v) is 3.60. The highest BCUT2D eigenvalue weighted by Gasteiger charge is 2.36. The second kappa shape index (κ2) is 4.58. The van der Waals surface area contributed by atoms with Crippen LogP contribution in [0.25, 0.3) is 0 Å². The lowest BCUT2D eigenvalue weighted by molar-refractivity contribution is -0.355. The summed E-state index contributed by atoms with van der Waals surface area (Å²) in [5.74, 6) is -0.356. The lowest BCUT2D eigenvalue weighted by Gasteiger charge is -2.02. The molecule has 0 saturated carbocycles. The maximum atomic E-state index is 12.4. The molecule has 0 aliphatic carbocycles. The molecule has 0 spiro atoms. The van der Waals surface area contributed by atoms with E-state index in [9.17, 15) is 10.0 Å². The van der Waals surface area contributed by atoms with Crippen LogP contribution in [-0.2, 0) is 0 Å². The van der Waals surface area contributed by atoms with E-state index in [-0.39, 0.29) is 22.7 Å². The van der Waals surface area contributed by atoms with Gasteiger partial charge in [-0.15, -0.1) is 0 Å². The number of fused-ring (bicyclic) bond motifs is 1. The third kappa shape index (κ3) is 1.82. The van der Waals surface area contributed by atoms with Gasteiger partial charge in [-0.2, -0.15) is 10.0 Å². The van der Waals surface area contributed by atoms with E-state index in [4.69, 9.17) is 5.26 Å². The Hall–Kier alpha value is -2.45. The van der Waals surface area contributed by atoms with Crippen molar-refractivity contribution in [3.8, 4) is 6.07 Å². The van der Waals surface area contributed by atoms with Crippen LogP contribution >= 0.6 is 15.9 Å². The highest BCUT2D eigenvalue weighted by Crippen LogP contribution is 2.29. The molecule has 0 N–H and O–H groups in total. The van der Waals surface area contributed by atoms with E-state index in [1.165, 1.54) is 18.2 Å². The Morgan fingerprint density at radius 1 is 1.20 bits per heavy atom. The zero-order valence-electron chi connectivity index (χ0n) is 10.1. The quantitative estimate of drug-likeness (QED) is 0.597. The predicted molar refractivity (Wildman–Crippen MR) is 77.0 cm³/mol. The smallest absolute Gasteiger partial charge is 0.272 e. The minimum absolute atomic E-state index is 0.0800. The van der Waals surface area contributed by atoms with Crippen molar-refractivity contribution in [3.05, 3.63) is 68.8 Å². The summed E-state index contributed by atoms with van der Waals surface area (Å²) in [6.07, 6.45) is 0. The summed E-state index contributed by atoms with van der Waals surface area (Å²) in [7, 11) is 0. The van der Waals surface area contributed by atoms with E-state index < -0.39 is 0 Å². The molecule has 5 heteroatoms. The van der Waals surface area contributed by atoms with Gasteiger partial charge in [0.05, 0.1) is 17.2 Å². The van der Waals surface area contributed by atoms with Gasteiger partial charge in [0, 0.05) is 10.5 Å². The van der Waals surface area contributed by atoms with E-state index in [2.05, 4.69) is 15.9 Å². The summed E-state index contributed by atoms with van der Waals surface area (Å²) in [6, 6.07) is 13.5. The van der Waals surface area contributed by atoms with Crippen molar-refractivity contribution in [2.75, 3.05) is 0 Å². The summed E-state index contributed by atoms with van der Waals surface area (Å²) >= 11 is 3.32. The van der Waals surface area contributed by atoms with Crippen LogP contribution in [0.15, 0.2) is 46.9 Å². The minimum atomic E-state index is -0.356. The lowest BCUT2D eigenvalue weighted by Crippen LogP contribution is -2.16. The van der Waals surface area contributed by atoms with Gasteiger partial charge in [-0.3, -0.25) is 4.79 Å². The standard InChI is InChI=1S/C15H7BrN2O2/c16-11-3-1-2-10(7-11)14-15(19)12-6-9(8-17)4-5-13(12)18(14)20/h1-7H. The number of nitrogens with zero attached hydrogens (tertiary/aromatic N) is 2. The van der Waals surface area contributed by atoms with E-state index in [0.29, 0.717) is 15.9 Å². The number of hydrogen-bond donors (Lipinski definition) is 0. The van der Waals surface area contributed by atoms with Crippen LogP contribution in [-0.4, -0.2) is 16.2 Å². The molecule has 1 aliphatic rings. The average Bonchev–Trinajstić information content (AvgIpc) is 2.70. The van der Waals surface area contributed by atoms with Gasteiger partial charge in [0.1, 0.15) is 5.56 Å². The van der Waals surface area contributed by atoms with Gasteiger partial charge in [0.25, 0.3) is 11.5 Å². The van der Waals surface area contributed by atoms with Crippen LogP contribution in [0.5, 0.6) is 0 Å². The summed E-state index contributed by atoms with van der Waals surface area (Å²) in [4.78, 5) is 12.4. The van der Waals surface area contributed by atoms with E-state index >= 15 is 0 Å². The third-order valence-electron chi connectivity index (χ3n) is 3.11. The van der Waals surface area contributed by atoms with E-state index in [0.717, 1.165) is 4.47 Å². The molecule has 2 aromatic rings. The maximum Gasteiger partial charge on any atom is 0.272 e. The molecule has 0 bridgehead atoms. The molecule has 1 heterocycles. The average molecular weight is 327 g/mol. The van der Waals surface area contributed by atoms with Crippen molar-refractivity contribution < 1.29 is 9.53 Å². The Kier molecular flexibility index (Phi) is 2.88. The van der Waals surface area contributed by atoms with Crippen molar-refractivity contribution in [1.29, 1.82) is 5.26 Å². The first-order chi connectivity index (χ1) is 9.61. The fourth-order valence-corrected chi connectivity index (χ4v) is 2.59. The molecule has 2 aromatic carbocycles. The fourth-order valence-electron chi connectivity index (χ4n) is 2.19. The predicted octanol–water partition coefficient (Wildman–Crippen LogP) is 3.15. The van der Waals surface area contributed by atoms with Gasteiger partial charge < -0.3 is 5.21 Å². The van der Waals surface area contributed by atoms with Crippen molar-refractivity contribution in [2.24, 2.45) is 0 Å². The van der Waals surface area contributed by atoms with Crippen LogP contribution in [0.4, 0.5) is 5.69 Å². The number of ketones is 1. The van der Waals surface area contributed by atoms with Gasteiger partial charge in [-0.1, -0.05) is 22.0 Å². The Morgan fingerprint density at radius 2 is 2.00 bits per heavy atom. The summed E-state index contributed by atoms with van der Waals surface area (Å²) < 4.78 is 1.41. The molecule has 0 unspecified atom stereocenters. The van der Waals surface area contributed by atoms with Crippen LogP contribution in [0.3, 0.4) is 0 Å². The zero-order valence-corrected chi connectivity index (χ0v) is 11.7. The normalized spacial score (nSPS) is 13.3. The maximum absolute atomic E-state index is 12.4. The summed E-state index contributed by atoms with van der Waals surface area (Å²) in [6.45, 7) is 0. The van der Waals surface area contributed by atoms with Crippen LogP contribution in [0.1, 0.15) is 21.5 Å². The largest absolute Gasteiger partial charge is 0.618 e. The molecule has 0 fully saturated rings. The van der Waals surface area contributed by atoms with Crippen molar-refractivity contribution in [1.82, 2.24) is 0 Å². The van der Waals surface area contributed by atoms with Gasteiger partial charge >= 0.3 is 0 Å². The Bertz CT molecular complexity index is 819. The van der Waals surface area contributed by atoms with Gasteiger partial charge in [0.2, 0.25) is 5.69 Å². The first-order valence-corrected chi connectivity index (χ1v) is 6.60. The van der Waals surface area contributed by atoms with E-state index in [1.54, 1.807) is 18.2 Å². The topological polar surface area (TPSA) is 66.9 Å². The first kappa shape index (κ1) is 12.6. The molecule has 0 amide bonds. The summed E-state index contributed by atoms with van der Waals surface area (Å²) in [5.41, 5.74) is 1.55. The van der Waals surface area contributed by atoms with Crippen LogP contribution in [0.2, 0.25) is 0 Å². The molecule has 0 atom stereocenters. The van der Waals surface area contributed by atoms with Crippen molar-refractivity contribution in [2.45, 2.75) is 0 Å². The number of hydrogen-bond acceptors (Lipinski definition) is 3. The number of carbonyl (C=O) groups is 1. The molecule has 3 rings (SSSR count). The number of carbonyl (C=O) groups excluding carboxylic acids is 1. The second-order valence-corrected chi connectivity index (χ2v) is 5.24. The molecular formula is C15H7BrN2O2. The number of Topliss-reactive ketones (excluding diaryl/α,β-unsaturated/α-hetero) is 1. The molecule has 96 valence electrons. The molecule has 0 saturated heterocycles. The highest BCUT2D eigenvalue weighted by atomic mass is 79.9. The van der Waals surface area contributed by atoms with Gasteiger partial charge in [0.15, 0.2) is 0 Å². The minimum Gasteiger partial charge on any atom is -0.618 e. The number of rotatable bonds is 1. The number of nitriles is 1. The Balaban J connectivity index is 2.19. The fraction of sp³-hybridized carbons (Fsp3) is 0. The molecule has 1 aliphatic heterocycles. The van der Waals surface area contributed by atoms with Crippen LogP contribution in [0, 0.1) is 16.5 Å². The Morgan fingerprint density at radius 3 is 2.70 bits per heavy atom. The lowest BCUT2D eigenvalue weighted by atomic mass is 10.0. The number of halogens is 1. The molecule has 0 radical (unpaired) electrons. The SMILES string of the molecule is N#Cc1ccc2c(c1)C(=O)C(c1cccc(Br)c1)=[N+]2[O-]. The Labute approximate surface area is 123 Å². The molecule has 20 heavy (non-hydrogen) atoms. The molecular weight excluding hydrogens is 320 g/mol. The first-order valence-electron chi connectivity index (χ1n) is 5.81. The second-order valence-electron chi connectivity index (χ2n) is 4.33. The highest BCUT2D eigenvalue weighted by molar-refractivity contribution is 9.10. The summed E-state index contributed by atoms with van der Waals surface area (Å²) in [5, 5.41) is 21.2. The number of benzene rings is 2.